The number of aromatic nitrogens is 2. The normalized spacial score (nSPS) is 12.8. The average Bonchev–Trinajstić information content (AvgIpc) is 2.71. The number of ether oxygens (including phenoxy) is 2. The largest absolute Gasteiger partial charge is 0.487 e. The van der Waals surface area contributed by atoms with Gasteiger partial charge in [-0.05, 0) is 42.7 Å². The van der Waals surface area contributed by atoms with Crippen LogP contribution in [0.5, 0.6) is 5.75 Å². The third kappa shape index (κ3) is 5.41. The minimum atomic E-state index is -5.65. The van der Waals surface area contributed by atoms with E-state index in [1.54, 1.807) is 12.4 Å². The highest BCUT2D eigenvalue weighted by molar-refractivity contribution is 5.55. The van der Waals surface area contributed by atoms with Crippen molar-refractivity contribution in [3.8, 4) is 17.1 Å². The lowest BCUT2D eigenvalue weighted by molar-refractivity contribution is -0.323. The highest BCUT2D eigenvalue weighted by Crippen LogP contribution is 2.46. The van der Waals surface area contributed by atoms with Crippen LogP contribution in [0.15, 0.2) is 36.7 Å². The topological polar surface area (TPSA) is 44.2 Å². The Balaban J connectivity index is 2.03. The molecule has 0 saturated carbocycles. The summed E-state index contributed by atoms with van der Waals surface area (Å²) in [7, 11) is 0.711. The number of nitrogens with zero attached hydrogens (tertiary/aromatic N) is 2. The molecule has 0 saturated heterocycles. The predicted molar refractivity (Wildman–Crippen MR) is 98.3 cm³/mol. The fourth-order valence-electron chi connectivity index (χ4n) is 2.52. The van der Waals surface area contributed by atoms with Gasteiger partial charge < -0.3 is 9.47 Å². The van der Waals surface area contributed by atoms with Gasteiger partial charge >= 0.3 is 17.8 Å². The maximum absolute atomic E-state index is 13.7. The van der Waals surface area contributed by atoms with Crippen molar-refractivity contribution in [2.45, 2.75) is 44.0 Å². The molecule has 0 bridgehead atoms. The standard InChI is InChI=1S/C20H22F6N2O2/c1-3-4-5-14-10-27-17(28-11-14)15-6-8-16(9-7-15)30-13-19(23,24)20(25,26)18(21,22)12-29-2/h6-11H,3-5,12-13H2,1-2H3. The van der Waals surface area contributed by atoms with Gasteiger partial charge in [0.05, 0.1) is 0 Å². The molecule has 0 amide bonds. The third-order valence-electron chi connectivity index (χ3n) is 4.30. The molecule has 0 N–H and O–H groups in total. The van der Waals surface area contributed by atoms with Crippen LogP contribution in [-0.4, -0.2) is 48.1 Å². The molecule has 0 spiro atoms. The Morgan fingerprint density at radius 3 is 1.97 bits per heavy atom. The molecule has 2 aromatic rings. The second kappa shape index (κ2) is 9.63. The molecule has 2 rings (SSSR count). The van der Waals surface area contributed by atoms with Gasteiger partial charge in [-0.3, -0.25) is 0 Å². The van der Waals surface area contributed by atoms with E-state index in [0.29, 0.717) is 18.5 Å². The number of methoxy groups -OCH3 is 1. The Kier molecular flexibility index (Phi) is 7.68. The molecule has 1 aromatic carbocycles. The van der Waals surface area contributed by atoms with Crippen LogP contribution in [0.4, 0.5) is 26.3 Å². The summed E-state index contributed by atoms with van der Waals surface area (Å²) in [5.74, 6) is -15.6. The first-order chi connectivity index (χ1) is 14.0. The zero-order valence-corrected chi connectivity index (χ0v) is 16.5. The lowest BCUT2D eigenvalue weighted by atomic mass is 10.1. The number of benzene rings is 1. The second-order valence-corrected chi connectivity index (χ2v) is 6.75. The first kappa shape index (κ1) is 23.9. The molecule has 0 aliphatic carbocycles. The molecule has 30 heavy (non-hydrogen) atoms. The van der Waals surface area contributed by atoms with Crippen LogP contribution >= 0.6 is 0 Å². The van der Waals surface area contributed by atoms with Crippen molar-refractivity contribution in [1.82, 2.24) is 9.97 Å². The molecule has 0 aliphatic heterocycles. The Hall–Kier alpha value is -2.36. The molecule has 1 aromatic heterocycles. The Bertz CT molecular complexity index is 798. The lowest BCUT2D eigenvalue weighted by Crippen LogP contribution is -2.58. The summed E-state index contributed by atoms with van der Waals surface area (Å²) in [5, 5.41) is 0. The van der Waals surface area contributed by atoms with Crippen LogP contribution in [0.2, 0.25) is 0 Å². The molecular weight excluding hydrogens is 414 g/mol. The summed E-state index contributed by atoms with van der Waals surface area (Å²) >= 11 is 0. The number of aryl methyl sites for hydroxylation is 1. The molecule has 0 aliphatic rings. The van der Waals surface area contributed by atoms with E-state index in [9.17, 15) is 26.3 Å². The van der Waals surface area contributed by atoms with Gasteiger partial charge in [0.15, 0.2) is 12.4 Å². The van der Waals surface area contributed by atoms with E-state index in [2.05, 4.69) is 26.4 Å². The first-order valence-electron chi connectivity index (χ1n) is 9.20. The van der Waals surface area contributed by atoms with Crippen molar-refractivity contribution in [3.63, 3.8) is 0 Å². The van der Waals surface area contributed by atoms with Crippen LogP contribution < -0.4 is 4.74 Å². The Morgan fingerprint density at radius 2 is 1.43 bits per heavy atom. The van der Waals surface area contributed by atoms with Crippen molar-refractivity contribution < 1.29 is 35.8 Å². The van der Waals surface area contributed by atoms with E-state index >= 15 is 0 Å². The van der Waals surface area contributed by atoms with Crippen LogP contribution in [0.1, 0.15) is 25.3 Å². The van der Waals surface area contributed by atoms with E-state index < -0.39 is 31.0 Å². The monoisotopic (exact) mass is 436 g/mol. The van der Waals surface area contributed by atoms with Crippen molar-refractivity contribution in [3.05, 3.63) is 42.2 Å². The van der Waals surface area contributed by atoms with Gasteiger partial charge in [-0.2, -0.15) is 26.3 Å². The minimum absolute atomic E-state index is 0.191. The molecule has 0 atom stereocenters. The minimum Gasteiger partial charge on any atom is -0.487 e. The van der Waals surface area contributed by atoms with Gasteiger partial charge in [0.1, 0.15) is 12.4 Å². The van der Waals surface area contributed by atoms with Gasteiger partial charge in [-0.1, -0.05) is 13.3 Å². The summed E-state index contributed by atoms with van der Waals surface area (Å²) in [6.07, 6.45) is 6.27. The highest BCUT2D eigenvalue weighted by atomic mass is 19.3. The lowest BCUT2D eigenvalue weighted by Gasteiger charge is -2.32. The molecular formula is C20H22F6N2O2. The number of alkyl halides is 6. The van der Waals surface area contributed by atoms with Crippen LogP contribution in [-0.2, 0) is 11.2 Å². The van der Waals surface area contributed by atoms with Gasteiger partial charge in [-0.25, -0.2) is 9.97 Å². The SMILES string of the molecule is CCCCc1cnc(-c2ccc(OCC(F)(F)C(F)(F)C(F)(F)COC)cc2)nc1. The predicted octanol–water partition coefficient (Wildman–Crippen LogP) is 5.42. The smallest absolute Gasteiger partial charge is 0.377 e. The summed E-state index contributed by atoms with van der Waals surface area (Å²) in [5.41, 5.74) is 1.53. The van der Waals surface area contributed by atoms with Gasteiger partial charge in [0.25, 0.3) is 0 Å². The molecule has 0 unspecified atom stereocenters. The zero-order valence-electron chi connectivity index (χ0n) is 16.5. The van der Waals surface area contributed by atoms with E-state index in [1.807, 2.05) is 0 Å². The average molecular weight is 436 g/mol. The van der Waals surface area contributed by atoms with E-state index in [-0.39, 0.29) is 5.75 Å². The summed E-state index contributed by atoms with van der Waals surface area (Å²) in [6, 6.07) is 5.38. The van der Waals surface area contributed by atoms with Gasteiger partial charge in [0.2, 0.25) is 0 Å². The fourth-order valence-corrected chi connectivity index (χ4v) is 2.52. The van der Waals surface area contributed by atoms with E-state index in [1.165, 1.54) is 24.3 Å². The zero-order chi connectivity index (χ0) is 22.4. The quantitative estimate of drug-likeness (QED) is 0.442. The second-order valence-electron chi connectivity index (χ2n) is 6.75. The fraction of sp³-hybridized carbons (Fsp3) is 0.500. The number of halogens is 6. The number of hydrogen-bond donors (Lipinski definition) is 0. The van der Waals surface area contributed by atoms with Gasteiger partial charge in [-0.15, -0.1) is 0 Å². The maximum Gasteiger partial charge on any atom is 0.377 e. The number of hydrogen-bond acceptors (Lipinski definition) is 4. The molecule has 166 valence electrons. The van der Waals surface area contributed by atoms with Crippen molar-refractivity contribution in [2.75, 3.05) is 20.3 Å². The van der Waals surface area contributed by atoms with Crippen LogP contribution in [0.25, 0.3) is 11.4 Å². The number of unbranched alkanes of at least 4 members (excludes halogenated alkanes) is 1. The van der Waals surface area contributed by atoms with Crippen molar-refractivity contribution in [2.24, 2.45) is 0 Å². The molecule has 0 radical (unpaired) electrons. The Morgan fingerprint density at radius 1 is 0.867 bits per heavy atom. The highest BCUT2D eigenvalue weighted by Gasteiger charge is 2.71. The third-order valence-corrected chi connectivity index (χ3v) is 4.30. The van der Waals surface area contributed by atoms with Crippen molar-refractivity contribution in [1.29, 1.82) is 0 Å². The summed E-state index contributed by atoms with van der Waals surface area (Å²) in [6.45, 7) is -1.70. The molecule has 1 heterocycles. The number of rotatable bonds is 11. The maximum atomic E-state index is 13.7. The van der Waals surface area contributed by atoms with Crippen LogP contribution in [0, 0.1) is 0 Å². The molecule has 0 fully saturated rings. The Labute approximate surface area is 170 Å². The van der Waals surface area contributed by atoms with Crippen LogP contribution in [0.3, 0.4) is 0 Å². The summed E-state index contributed by atoms with van der Waals surface area (Å²) in [4.78, 5) is 8.45. The first-order valence-corrected chi connectivity index (χ1v) is 9.20. The van der Waals surface area contributed by atoms with Crippen molar-refractivity contribution >= 4 is 0 Å². The van der Waals surface area contributed by atoms with E-state index in [4.69, 9.17) is 0 Å². The molecule has 4 nitrogen and oxygen atoms in total. The van der Waals surface area contributed by atoms with E-state index in [0.717, 1.165) is 24.8 Å². The molecule has 10 heteroatoms. The van der Waals surface area contributed by atoms with Gasteiger partial charge in [0, 0.05) is 25.1 Å². The summed E-state index contributed by atoms with van der Waals surface area (Å²) < 4.78 is 89.9.